The van der Waals surface area contributed by atoms with E-state index in [0.717, 1.165) is 19.6 Å². The molecule has 104 valence electrons. The Bertz CT molecular complexity index is 434. The standard InChI is InChI=1S/C14H20FN3O/c1-2-18(11-9-16-10-11)8-7-14(19)17-13-6-4-3-5-12(13)15/h3-6,11,16H,2,7-10H2,1H3,(H,17,19). The highest BCUT2D eigenvalue weighted by Crippen LogP contribution is 2.13. The SMILES string of the molecule is CCN(CCC(=O)Nc1ccccc1F)C1CNC1. The number of halogens is 1. The third-order valence-electron chi connectivity index (χ3n) is 3.46. The van der Waals surface area contributed by atoms with Crippen molar-refractivity contribution < 1.29 is 9.18 Å². The van der Waals surface area contributed by atoms with Crippen LogP contribution in [0.5, 0.6) is 0 Å². The second-order valence-corrected chi connectivity index (χ2v) is 4.72. The highest BCUT2D eigenvalue weighted by molar-refractivity contribution is 5.90. The summed E-state index contributed by atoms with van der Waals surface area (Å²) >= 11 is 0. The van der Waals surface area contributed by atoms with Crippen LogP contribution in [-0.4, -0.2) is 43.0 Å². The first-order valence-electron chi connectivity index (χ1n) is 6.70. The number of benzene rings is 1. The fourth-order valence-electron chi connectivity index (χ4n) is 2.15. The fourth-order valence-corrected chi connectivity index (χ4v) is 2.15. The third kappa shape index (κ3) is 3.75. The maximum atomic E-state index is 13.4. The minimum atomic E-state index is -0.397. The molecule has 1 aromatic rings. The summed E-state index contributed by atoms with van der Waals surface area (Å²) < 4.78 is 13.4. The lowest BCUT2D eigenvalue weighted by Crippen LogP contribution is -2.57. The summed E-state index contributed by atoms with van der Waals surface area (Å²) in [4.78, 5) is 14.1. The molecule has 0 bridgehead atoms. The van der Waals surface area contributed by atoms with E-state index in [9.17, 15) is 9.18 Å². The van der Waals surface area contributed by atoms with Crippen molar-refractivity contribution in [1.82, 2.24) is 10.2 Å². The molecule has 0 saturated carbocycles. The Hall–Kier alpha value is -1.46. The van der Waals surface area contributed by atoms with Crippen LogP contribution in [0.3, 0.4) is 0 Å². The Morgan fingerprint density at radius 2 is 2.21 bits per heavy atom. The Balaban J connectivity index is 1.79. The minimum absolute atomic E-state index is 0.143. The molecule has 4 nitrogen and oxygen atoms in total. The molecule has 0 atom stereocenters. The number of amides is 1. The summed E-state index contributed by atoms with van der Waals surface area (Å²) in [6.45, 7) is 5.71. The van der Waals surface area contributed by atoms with Crippen LogP contribution in [-0.2, 0) is 4.79 Å². The molecule has 0 aliphatic carbocycles. The Labute approximate surface area is 113 Å². The Kier molecular flexibility index (Phi) is 4.87. The molecule has 0 spiro atoms. The molecule has 0 aromatic heterocycles. The highest BCUT2D eigenvalue weighted by atomic mass is 19.1. The van der Waals surface area contributed by atoms with E-state index in [1.165, 1.54) is 6.07 Å². The lowest BCUT2D eigenvalue weighted by Gasteiger charge is -2.37. The van der Waals surface area contributed by atoms with E-state index in [1.54, 1.807) is 18.2 Å². The first-order chi connectivity index (χ1) is 9.20. The zero-order chi connectivity index (χ0) is 13.7. The highest BCUT2D eigenvalue weighted by Gasteiger charge is 2.23. The molecule has 1 heterocycles. The first-order valence-corrected chi connectivity index (χ1v) is 6.70. The Morgan fingerprint density at radius 3 is 2.79 bits per heavy atom. The predicted molar refractivity (Wildman–Crippen MR) is 73.6 cm³/mol. The van der Waals surface area contributed by atoms with Gasteiger partial charge in [-0.25, -0.2) is 4.39 Å². The lowest BCUT2D eigenvalue weighted by molar-refractivity contribution is -0.116. The van der Waals surface area contributed by atoms with Crippen LogP contribution in [0, 0.1) is 5.82 Å². The molecule has 2 N–H and O–H groups in total. The summed E-state index contributed by atoms with van der Waals surface area (Å²) in [6.07, 6.45) is 0.388. The van der Waals surface area contributed by atoms with E-state index < -0.39 is 5.82 Å². The number of hydrogen-bond donors (Lipinski definition) is 2. The summed E-state index contributed by atoms with van der Waals surface area (Å²) in [6, 6.07) is 6.75. The average Bonchev–Trinajstić information content (AvgIpc) is 2.35. The topological polar surface area (TPSA) is 44.4 Å². The number of carbonyl (C=O) groups excluding carboxylic acids is 1. The van der Waals surface area contributed by atoms with Gasteiger partial charge in [0.2, 0.25) is 5.91 Å². The van der Waals surface area contributed by atoms with Crippen molar-refractivity contribution in [2.24, 2.45) is 0 Å². The molecule has 1 aliphatic rings. The summed E-state index contributed by atoms with van der Waals surface area (Å²) in [7, 11) is 0. The zero-order valence-corrected chi connectivity index (χ0v) is 11.2. The van der Waals surface area contributed by atoms with Crippen molar-refractivity contribution in [2.75, 3.05) is 31.5 Å². The van der Waals surface area contributed by atoms with Gasteiger partial charge in [0.25, 0.3) is 0 Å². The van der Waals surface area contributed by atoms with Crippen LogP contribution in [0.25, 0.3) is 0 Å². The van der Waals surface area contributed by atoms with E-state index in [0.29, 0.717) is 19.0 Å². The largest absolute Gasteiger partial charge is 0.324 e. The average molecular weight is 265 g/mol. The molecule has 1 aromatic carbocycles. The molecule has 19 heavy (non-hydrogen) atoms. The number of nitrogens with zero attached hydrogens (tertiary/aromatic N) is 1. The quantitative estimate of drug-likeness (QED) is 0.818. The molecule has 1 aliphatic heterocycles. The van der Waals surface area contributed by atoms with E-state index in [4.69, 9.17) is 0 Å². The number of anilines is 1. The normalized spacial score (nSPS) is 15.3. The van der Waals surface area contributed by atoms with Crippen LogP contribution in [0.2, 0.25) is 0 Å². The number of para-hydroxylation sites is 1. The van der Waals surface area contributed by atoms with Gasteiger partial charge in [0, 0.05) is 32.1 Å². The molecule has 2 rings (SSSR count). The molecule has 0 radical (unpaired) electrons. The molecular formula is C14H20FN3O. The van der Waals surface area contributed by atoms with Gasteiger partial charge in [-0.3, -0.25) is 9.69 Å². The van der Waals surface area contributed by atoms with Crippen LogP contribution < -0.4 is 10.6 Å². The van der Waals surface area contributed by atoms with Crippen molar-refractivity contribution in [3.05, 3.63) is 30.1 Å². The monoisotopic (exact) mass is 265 g/mol. The van der Waals surface area contributed by atoms with Crippen LogP contribution in [0.1, 0.15) is 13.3 Å². The first kappa shape index (κ1) is 14.0. The lowest BCUT2D eigenvalue weighted by atomic mass is 10.1. The predicted octanol–water partition coefficient (Wildman–Crippen LogP) is 1.45. The van der Waals surface area contributed by atoms with Crippen LogP contribution >= 0.6 is 0 Å². The van der Waals surface area contributed by atoms with Gasteiger partial charge in [-0.1, -0.05) is 19.1 Å². The maximum Gasteiger partial charge on any atom is 0.225 e. The maximum absolute atomic E-state index is 13.4. The number of nitrogens with one attached hydrogen (secondary N) is 2. The van der Waals surface area contributed by atoms with E-state index >= 15 is 0 Å². The minimum Gasteiger partial charge on any atom is -0.324 e. The van der Waals surface area contributed by atoms with Gasteiger partial charge in [0.1, 0.15) is 5.82 Å². The van der Waals surface area contributed by atoms with E-state index in [1.807, 2.05) is 0 Å². The zero-order valence-electron chi connectivity index (χ0n) is 11.2. The molecule has 1 saturated heterocycles. The van der Waals surface area contributed by atoms with Gasteiger partial charge in [0.05, 0.1) is 5.69 Å². The van der Waals surface area contributed by atoms with Gasteiger partial charge < -0.3 is 10.6 Å². The van der Waals surface area contributed by atoms with Crippen molar-refractivity contribution in [2.45, 2.75) is 19.4 Å². The van der Waals surface area contributed by atoms with Crippen LogP contribution in [0.15, 0.2) is 24.3 Å². The van der Waals surface area contributed by atoms with Gasteiger partial charge in [-0.05, 0) is 18.7 Å². The van der Waals surface area contributed by atoms with Gasteiger partial charge in [-0.2, -0.15) is 0 Å². The van der Waals surface area contributed by atoms with E-state index in [2.05, 4.69) is 22.5 Å². The van der Waals surface area contributed by atoms with Crippen molar-refractivity contribution in [1.29, 1.82) is 0 Å². The van der Waals surface area contributed by atoms with Gasteiger partial charge in [0.15, 0.2) is 0 Å². The second-order valence-electron chi connectivity index (χ2n) is 4.72. The van der Waals surface area contributed by atoms with Crippen molar-refractivity contribution in [3.63, 3.8) is 0 Å². The summed E-state index contributed by atoms with van der Waals surface area (Å²) in [5, 5.41) is 5.83. The molecule has 5 heteroatoms. The fraction of sp³-hybridized carbons (Fsp3) is 0.500. The summed E-state index contributed by atoms with van der Waals surface area (Å²) in [5.74, 6) is -0.540. The van der Waals surface area contributed by atoms with Crippen LogP contribution in [0.4, 0.5) is 10.1 Å². The third-order valence-corrected chi connectivity index (χ3v) is 3.46. The van der Waals surface area contributed by atoms with Crippen molar-refractivity contribution in [3.8, 4) is 0 Å². The summed E-state index contributed by atoms with van der Waals surface area (Å²) in [5.41, 5.74) is 0.251. The molecule has 1 amide bonds. The molecule has 0 unspecified atom stereocenters. The molecular weight excluding hydrogens is 245 g/mol. The Morgan fingerprint density at radius 1 is 1.47 bits per heavy atom. The van der Waals surface area contributed by atoms with Crippen molar-refractivity contribution >= 4 is 11.6 Å². The number of rotatable bonds is 6. The number of likely N-dealkylation sites (N-methyl/N-ethyl adjacent to an activating group) is 1. The number of hydrogen-bond acceptors (Lipinski definition) is 3. The van der Waals surface area contributed by atoms with E-state index in [-0.39, 0.29) is 11.6 Å². The number of carbonyl (C=O) groups is 1. The second kappa shape index (κ2) is 6.63. The molecule has 1 fully saturated rings. The van der Waals surface area contributed by atoms with Gasteiger partial charge >= 0.3 is 0 Å². The van der Waals surface area contributed by atoms with Gasteiger partial charge in [-0.15, -0.1) is 0 Å². The smallest absolute Gasteiger partial charge is 0.225 e.